The van der Waals surface area contributed by atoms with E-state index >= 15 is 0 Å². The monoisotopic (exact) mass is 365 g/mol. The summed E-state index contributed by atoms with van der Waals surface area (Å²) in [4.78, 5) is 29.6. The first-order valence-corrected chi connectivity index (χ1v) is 8.21. The van der Waals surface area contributed by atoms with Crippen LogP contribution in [-0.4, -0.2) is 44.1 Å². The standard InChI is InChI=1S/C18H15N5O4/c1-3-27-17(24)15-13-7-8-19-10-14(13)22-16(15)20-21-23(18(22)25)11-5-4-6-12(9-11)26-2/h4-10H,3H2,1-2H3. The Balaban J connectivity index is 2.05. The van der Waals surface area contributed by atoms with Gasteiger partial charge in [0.15, 0.2) is 5.65 Å². The summed E-state index contributed by atoms with van der Waals surface area (Å²) in [5.41, 5.74) is 0.767. The van der Waals surface area contributed by atoms with Gasteiger partial charge in [0.1, 0.15) is 11.3 Å². The fourth-order valence-corrected chi connectivity index (χ4v) is 2.94. The number of pyridine rings is 1. The minimum Gasteiger partial charge on any atom is -0.497 e. The van der Waals surface area contributed by atoms with Crippen LogP contribution >= 0.6 is 0 Å². The number of fused-ring (bicyclic) bond motifs is 3. The predicted molar refractivity (Wildman–Crippen MR) is 96.4 cm³/mol. The van der Waals surface area contributed by atoms with Crippen molar-refractivity contribution in [3.8, 4) is 11.4 Å². The van der Waals surface area contributed by atoms with Crippen molar-refractivity contribution in [1.82, 2.24) is 24.4 Å². The molecule has 0 saturated carbocycles. The van der Waals surface area contributed by atoms with Crippen LogP contribution in [0.2, 0.25) is 0 Å². The van der Waals surface area contributed by atoms with Gasteiger partial charge in [-0.1, -0.05) is 11.3 Å². The second-order valence-electron chi connectivity index (χ2n) is 5.63. The maximum atomic E-state index is 13.1. The van der Waals surface area contributed by atoms with Crippen molar-refractivity contribution in [2.24, 2.45) is 0 Å². The minimum atomic E-state index is -0.566. The molecular weight excluding hydrogens is 350 g/mol. The van der Waals surface area contributed by atoms with Crippen LogP contribution in [0.15, 0.2) is 47.5 Å². The van der Waals surface area contributed by atoms with E-state index in [0.29, 0.717) is 22.3 Å². The van der Waals surface area contributed by atoms with Gasteiger partial charge in [-0.25, -0.2) is 14.0 Å². The largest absolute Gasteiger partial charge is 0.497 e. The lowest BCUT2D eigenvalue weighted by atomic mass is 10.2. The fourth-order valence-electron chi connectivity index (χ4n) is 2.94. The molecule has 0 aliphatic heterocycles. The van der Waals surface area contributed by atoms with Gasteiger partial charge in [-0.15, -0.1) is 5.10 Å². The van der Waals surface area contributed by atoms with E-state index in [1.165, 1.54) is 17.7 Å². The molecule has 0 bridgehead atoms. The molecule has 27 heavy (non-hydrogen) atoms. The van der Waals surface area contributed by atoms with Crippen molar-refractivity contribution in [2.75, 3.05) is 13.7 Å². The quantitative estimate of drug-likeness (QED) is 0.507. The first-order chi connectivity index (χ1) is 13.2. The number of methoxy groups -OCH3 is 1. The summed E-state index contributed by atoms with van der Waals surface area (Å²) in [6, 6.07) is 8.52. The van der Waals surface area contributed by atoms with E-state index in [1.807, 2.05) is 0 Å². The molecule has 0 fully saturated rings. The molecule has 0 N–H and O–H groups in total. The van der Waals surface area contributed by atoms with E-state index in [-0.39, 0.29) is 17.8 Å². The highest BCUT2D eigenvalue weighted by atomic mass is 16.5. The second kappa shape index (κ2) is 6.52. The molecule has 0 radical (unpaired) electrons. The van der Waals surface area contributed by atoms with E-state index in [1.54, 1.807) is 43.5 Å². The van der Waals surface area contributed by atoms with Gasteiger partial charge in [-0.3, -0.25) is 4.98 Å². The summed E-state index contributed by atoms with van der Waals surface area (Å²) in [5, 5.41) is 8.65. The Morgan fingerprint density at radius 3 is 2.89 bits per heavy atom. The van der Waals surface area contributed by atoms with Crippen molar-refractivity contribution in [2.45, 2.75) is 6.92 Å². The average molecular weight is 365 g/mol. The number of nitrogens with zero attached hydrogens (tertiary/aromatic N) is 5. The van der Waals surface area contributed by atoms with Gasteiger partial charge in [-0.2, -0.15) is 4.68 Å². The van der Waals surface area contributed by atoms with Gasteiger partial charge >= 0.3 is 11.7 Å². The lowest BCUT2D eigenvalue weighted by molar-refractivity contribution is 0.0530. The van der Waals surface area contributed by atoms with Crippen LogP contribution < -0.4 is 10.4 Å². The van der Waals surface area contributed by atoms with Gasteiger partial charge < -0.3 is 9.47 Å². The van der Waals surface area contributed by atoms with Gasteiger partial charge in [-0.05, 0) is 25.1 Å². The molecule has 0 aliphatic carbocycles. The van der Waals surface area contributed by atoms with Crippen molar-refractivity contribution >= 4 is 22.5 Å². The van der Waals surface area contributed by atoms with E-state index in [4.69, 9.17) is 9.47 Å². The molecule has 136 valence electrons. The molecule has 0 saturated heterocycles. The zero-order valence-electron chi connectivity index (χ0n) is 14.6. The number of benzene rings is 1. The van der Waals surface area contributed by atoms with Crippen LogP contribution in [-0.2, 0) is 4.74 Å². The van der Waals surface area contributed by atoms with Gasteiger partial charge in [0.2, 0.25) is 0 Å². The molecule has 3 aromatic heterocycles. The van der Waals surface area contributed by atoms with Gasteiger partial charge in [0.25, 0.3) is 0 Å². The Kier molecular flexibility index (Phi) is 4.03. The van der Waals surface area contributed by atoms with E-state index in [9.17, 15) is 9.59 Å². The van der Waals surface area contributed by atoms with Gasteiger partial charge in [0.05, 0.1) is 31.1 Å². The number of carbonyl (C=O) groups is 1. The summed E-state index contributed by atoms with van der Waals surface area (Å²) in [7, 11) is 1.54. The summed E-state index contributed by atoms with van der Waals surface area (Å²) < 4.78 is 12.8. The van der Waals surface area contributed by atoms with Crippen LogP contribution in [0.25, 0.3) is 22.2 Å². The third-order valence-electron chi connectivity index (χ3n) is 4.12. The number of esters is 1. The molecule has 1 aromatic carbocycles. The van der Waals surface area contributed by atoms with Crippen molar-refractivity contribution < 1.29 is 14.3 Å². The van der Waals surface area contributed by atoms with Crippen LogP contribution in [0.4, 0.5) is 0 Å². The third-order valence-corrected chi connectivity index (χ3v) is 4.12. The number of ether oxygens (including phenoxy) is 2. The summed E-state index contributed by atoms with van der Waals surface area (Å²) in [6.45, 7) is 1.92. The van der Waals surface area contributed by atoms with Crippen LogP contribution in [0, 0.1) is 0 Å². The zero-order chi connectivity index (χ0) is 19.0. The molecule has 9 heteroatoms. The molecule has 0 unspecified atom stereocenters. The predicted octanol–water partition coefficient (Wildman–Crippen LogP) is 1.61. The number of carbonyl (C=O) groups excluding carboxylic acids is 1. The summed E-state index contributed by atoms with van der Waals surface area (Å²) in [6.07, 6.45) is 3.04. The molecule has 4 aromatic rings. The number of rotatable bonds is 4. The van der Waals surface area contributed by atoms with E-state index in [0.717, 1.165) is 4.68 Å². The lowest BCUT2D eigenvalue weighted by Crippen LogP contribution is -2.29. The highest BCUT2D eigenvalue weighted by molar-refractivity contribution is 6.10. The second-order valence-corrected chi connectivity index (χ2v) is 5.63. The average Bonchev–Trinajstić information content (AvgIpc) is 3.03. The number of aromatic nitrogens is 5. The van der Waals surface area contributed by atoms with Crippen molar-refractivity contribution in [1.29, 1.82) is 0 Å². The smallest absolute Gasteiger partial charge is 0.357 e. The Morgan fingerprint density at radius 2 is 2.11 bits per heavy atom. The molecule has 0 spiro atoms. The maximum absolute atomic E-state index is 13.1. The molecule has 4 rings (SSSR count). The molecule has 3 heterocycles. The van der Waals surface area contributed by atoms with Crippen LogP contribution in [0.1, 0.15) is 17.3 Å². The molecule has 0 amide bonds. The molecule has 9 nitrogen and oxygen atoms in total. The topological polar surface area (TPSA) is 101 Å². The van der Waals surface area contributed by atoms with Crippen molar-refractivity contribution in [3.63, 3.8) is 0 Å². The summed E-state index contributed by atoms with van der Waals surface area (Å²) in [5.74, 6) is 0.0107. The fraction of sp³-hybridized carbons (Fsp3) is 0.167. The normalized spacial score (nSPS) is 11.0. The first kappa shape index (κ1) is 16.7. The van der Waals surface area contributed by atoms with Crippen LogP contribution in [0.5, 0.6) is 5.75 Å². The number of hydrogen-bond donors (Lipinski definition) is 0. The SMILES string of the molecule is CCOC(=O)c1c2ccncc2n2c(=O)n(-c3cccc(OC)c3)nnc12. The molecule has 0 atom stereocenters. The summed E-state index contributed by atoms with van der Waals surface area (Å²) >= 11 is 0. The van der Waals surface area contributed by atoms with Crippen molar-refractivity contribution in [3.05, 3.63) is 58.8 Å². The van der Waals surface area contributed by atoms with Crippen LogP contribution in [0.3, 0.4) is 0 Å². The zero-order valence-corrected chi connectivity index (χ0v) is 14.6. The molecular formula is C18H15N5O4. The first-order valence-electron chi connectivity index (χ1n) is 8.21. The highest BCUT2D eigenvalue weighted by Gasteiger charge is 2.23. The van der Waals surface area contributed by atoms with Gasteiger partial charge in [0, 0.05) is 17.6 Å². The Morgan fingerprint density at radius 1 is 1.26 bits per heavy atom. The Hall–Kier alpha value is -3.75. The lowest BCUT2D eigenvalue weighted by Gasteiger charge is -2.06. The Bertz CT molecular complexity index is 1230. The van der Waals surface area contributed by atoms with E-state index in [2.05, 4.69) is 15.3 Å². The third kappa shape index (κ3) is 2.60. The Labute approximate surface area is 152 Å². The minimum absolute atomic E-state index is 0.126. The maximum Gasteiger partial charge on any atom is 0.357 e. The number of hydrogen-bond acceptors (Lipinski definition) is 7. The van der Waals surface area contributed by atoms with E-state index < -0.39 is 11.7 Å². The highest BCUT2D eigenvalue weighted by Crippen LogP contribution is 2.24. The molecule has 0 aliphatic rings.